The quantitative estimate of drug-likeness (QED) is 0.281. The number of allylic oxidation sites excluding steroid dienone is 1. The molecule has 3 rings (SSSR count). The molecule has 0 aliphatic heterocycles. The van der Waals surface area contributed by atoms with Crippen LogP contribution in [0.15, 0.2) is 59.2 Å². The Bertz CT molecular complexity index is 1020. The van der Waals surface area contributed by atoms with E-state index in [-0.39, 0.29) is 19.3 Å². The fraction of sp³-hybridized carbons (Fsp3) is 0.238. The topological polar surface area (TPSA) is 92.1 Å². The maximum Gasteiger partial charge on any atom is 0.400 e. The maximum atomic E-state index is 12.0. The van der Waals surface area contributed by atoms with Crippen LogP contribution in [-0.4, -0.2) is 30.3 Å². The third-order valence-electron chi connectivity index (χ3n) is 3.68. The molecule has 0 fully saturated rings. The molecule has 3 aromatic rings. The number of hydrogen-bond donors (Lipinski definition) is 1. The van der Waals surface area contributed by atoms with Crippen LogP contribution in [-0.2, 0) is 14.4 Å². The van der Waals surface area contributed by atoms with Crippen LogP contribution in [0.2, 0.25) is 5.02 Å². The summed E-state index contributed by atoms with van der Waals surface area (Å²) in [6, 6.07) is 11.8. The minimum absolute atomic E-state index is 0.0926. The molecule has 0 bridgehead atoms. The summed E-state index contributed by atoms with van der Waals surface area (Å²) in [5.41, 5.74) is 4.41. The summed E-state index contributed by atoms with van der Waals surface area (Å²) >= 11 is 5.94. The van der Waals surface area contributed by atoms with Gasteiger partial charge in [0.05, 0.1) is 0 Å². The third kappa shape index (κ3) is 6.13. The highest BCUT2D eigenvalue weighted by molar-refractivity contribution is 6.31. The van der Waals surface area contributed by atoms with Crippen molar-refractivity contribution in [3.05, 3.63) is 59.8 Å². The van der Waals surface area contributed by atoms with E-state index in [1.807, 2.05) is 0 Å². The van der Waals surface area contributed by atoms with Crippen LogP contribution in [0.25, 0.3) is 11.1 Å². The van der Waals surface area contributed by atoms with Crippen molar-refractivity contribution in [3.63, 3.8) is 0 Å². The standard InChI is InChI=1S/C21H21ClN2O6/c1-13(2)24-27-11-10-26-20(25)14(3)28-16-5-7-17(8-6-16)29-21-23-18-9-4-15(22)12-19(18)30-21/h4-9,12,14,24H,1,10-11H2,2-3H3. The number of carbonyl (C=O) groups is 1. The Morgan fingerprint density at radius 2 is 1.93 bits per heavy atom. The van der Waals surface area contributed by atoms with Crippen LogP contribution in [0, 0.1) is 0 Å². The summed E-state index contributed by atoms with van der Waals surface area (Å²) in [4.78, 5) is 21.2. The van der Waals surface area contributed by atoms with Gasteiger partial charge in [-0.25, -0.2) is 4.79 Å². The van der Waals surface area contributed by atoms with E-state index in [1.165, 1.54) is 0 Å². The molecule has 2 aromatic carbocycles. The predicted octanol–water partition coefficient (Wildman–Crippen LogP) is 4.64. The van der Waals surface area contributed by atoms with Gasteiger partial charge in [-0.3, -0.25) is 10.3 Å². The van der Waals surface area contributed by atoms with Crippen LogP contribution in [0.3, 0.4) is 0 Å². The van der Waals surface area contributed by atoms with Gasteiger partial charge in [-0.05, 0) is 50.2 Å². The average Bonchev–Trinajstić information content (AvgIpc) is 3.10. The molecule has 30 heavy (non-hydrogen) atoms. The number of nitrogens with one attached hydrogen (secondary N) is 1. The summed E-state index contributed by atoms with van der Waals surface area (Å²) in [5.74, 6) is 0.480. The first-order valence-corrected chi connectivity index (χ1v) is 9.49. The van der Waals surface area contributed by atoms with Crippen LogP contribution < -0.4 is 15.0 Å². The van der Waals surface area contributed by atoms with Gasteiger partial charge < -0.3 is 18.6 Å². The molecule has 9 heteroatoms. The second kappa shape index (κ2) is 10.00. The third-order valence-corrected chi connectivity index (χ3v) is 3.92. The number of ether oxygens (including phenoxy) is 3. The van der Waals surface area contributed by atoms with Gasteiger partial charge >= 0.3 is 12.0 Å². The highest BCUT2D eigenvalue weighted by Crippen LogP contribution is 2.28. The number of oxazole rings is 1. The Kier molecular flexibility index (Phi) is 7.16. The zero-order valence-corrected chi connectivity index (χ0v) is 17.3. The molecule has 1 aromatic heterocycles. The van der Waals surface area contributed by atoms with Crippen molar-refractivity contribution in [2.45, 2.75) is 20.0 Å². The van der Waals surface area contributed by atoms with Gasteiger partial charge in [0, 0.05) is 16.8 Å². The van der Waals surface area contributed by atoms with Gasteiger partial charge in [-0.2, -0.15) is 4.98 Å². The Morgan fingerprint density at radius 3 is 2.67 bits per heavy atom. The summed E-state index contributed by atoms with van der Waals surface area (Å²) < 4.78 is 21.8. The lowest BCUT2D eigenvalue weighted by Crippen LogP contribution is -2.28. The molecule has 0 aliphatic rings. The van der Waals surface area contributed by atoms with Crippen molar-refractivity contribution in [2.24, 2.45) is 0 Å². The molecule has 0 saturated carbocycles. The number of hydrogen-bond acceptors (Lipinski definition) is 8. The Labute approximate surface area is 178 Å². The van der Waals surface area contributed by atoms with Crippen molar-refractivity contribution < 1.29 is 28.3 Å². The Balaban J connectivity index is 1.48. The second-order valence-corrected chi connectivity index (χ2v) is 6.76. The van der Waals surface area contributed by atoms with Crippen molar-refractivity contribution in [1.82, 2.24) is 10.5 Å². The van der Waals surface area contributed by atoms with Gasteiger partial charge in [0.1, 0.15) is 30.2 Å². The number of carbonyl (C=O) groups excluding carboxylic acids is 1. The number of aromatic nitrogens is 1. The van der Waals surface area contributed by atoms with Gasteiger partial charge in [0.2, 0.25) is 0 Å². The first kappa shape index (κ1) is 21.5. The summed E-state index contributed by atoms with van der Waals surface area (Å²) in [7, 11) is 0. The van der Waals surface area contributed by atoms with Gasteiger partial charge in [-0.1, -0.05) is 18.2 Å². The Morgan fingerprint density at radius 1 is 1.20 bits per heavy atom. The van der Waals surface area contributed by atoms with Crippen LogP contribution >= 0.6 is 11.6 Å². The zero-order valence-electron chi connectivity index (χ0n) is 16.5. The second-order valence-electron chi connectivity index (χ2n) is 6.32. The molecule has 0 amide bonds. The van der Waals surface area contributed by atoms with E-state index in [0.29, 0.717) is 33.3 Å². The van der Waals surface area contributed by atoms with E-state index in [2.05, 4.69) is 17.0 Å². The van der Waals surface area contributed by atoms with Crippen molar-refractivity contribution in [3.8, 4) is 17.6 Å². The number of hydroxylamine groups is 1. The first-order chi connectivity index (χ1) is 14.4. The monoisotopic (exact) mass is 432 g/mol. The molecule has 0 spiro atoms. The minimum atomic E-state index is -0.785. The summed E-state index contributed by atoms with van der Waals surface area (Å²) in [5, 5.41) is 0.551. The molecule has 1 N–H and O–H groups in total. The highest BCUT2D eigenvalue weighted by Gasteiger charge is 2.16. The molecular weight excluding hydrogens is 412 g/mol. The predicted molar refractivity (Wildman–Crippen MR) is 110 cm³/mol. The normalized spacial score (nSPS) is 11.7. The largest absolute Gasteiger partial charge is 0.479 e. The lowest BCUT2D eigenvalue weighted by atomic mass is 10.3. The zero-order chi connectivity index (χ0) is 21.5. The SMILES string of the molecule is C=C(C)NOCCOC(=O)C(C)Oc1ccc(Oc2nc3ccc(Cl)cc3o2)cc1. The molecule has 1 heterocycles. The fourth-order valence-corrected chi connectivity index (χ4v) is 2.50. The number of benzene rings is 2. The number of esters is 1. The van der Waals surface area contributed by atoms with E-state index < -0.39 is 12.1 Å². The van der Waals surface area contributed by atoms with E-state index in [9.17, 15) is 4.79 Å². The van der Waals surface area contributed by atoms with E-state index in [4.69, 9.17) is 35.1 Å². The van der Waals surface area contributed by atoms with Crippen LogP contribution in [0.5, 0.6) is 17.6 Å². The van der Waals surface area contributed by atoms with Crippen LogP contribution in [0.4, 0.5) is 0 Å². The van der Waals surface area contributed by atoms with Crippen molar-refractivity contribution in [1.29, 1.82) is 0 Å². The smallest absolute Gasteiger partial charge is 0.400 e. The minimum Gasteiger partial charge on any atom is -0.479 e. The van der Waals surface area contributed by atoms with Crippen molar-refractivity contribution >= 4 is 28.7 Å². The molecule has 0 aliphatic carbocycles. The lowest BCUT2D eigenvalue weighted by Gasteiger charge is -2.14. The molecule has 8 nitrogen and oxygen atoms in total. The number of rotatable bonds is 10. The van der Waals surface area contributed by atoms with E-state index in [1.54, 1.807) is 56.3 Å². The lowest BCUT2D eigenvalue weighted by molar-refractivity contribution is -0.153. The first-order valence-electron chi connectivity index (χ1n) is 9.11. The van der Waals surface area contributed by atoms with E-state index in [0.717, 1.165) is 0 Å². The molecule has 1 unspecified atom stereocenters. The highest BCUT2D eigenvalue weighted by atomic mass is 35.5. The molecule has 158 valence electrons. The van der Waals surface area contributed by atoms with E-state index >= 15 is 0 Å². The number of fused-ring (bicyclic) bond motifs is 1. The van der Waals surface area contributed by atoms with Crippen LogP contribution in [0.1, 0.15) is 13.8 Å². The molecule has 0 radical (unpaired) electrons. The molecule has 1 atom stereocenters. The van der Waals surface area contributed by atoms with Gasteiger partial charge in [0.15, 0.2) is 11.7 Å². The van der Waals surface area contributed by atoms with Gasteiger partial charge in [-0.15, -0.1) is 0 Å². The molecular formula is C21H21ClN2O6. The maximum absolute atomic E-state index is 12.0. The number of halogens is 1. The average molecular weight is 433 g/mol. The number of nitrogens with zero attached hydrogens (tertiary/aromatic N) is 1. The summed E-state index contributed by atoms with van der Waals surface area (Å²) in [6.45, 7) is 7.26. The Hall–Kier alpha value is -3.23. The van der Waals surface area contributed by atoms with Crippen molar-refractivity contribution in [2.75, 3.05) is 13.2 Å². The fourth-order valence-electron chi connectivity index (χ4n) is 2.34. The summed E-state index contributed by atoms with van der Waals surface area (Å²) in [6.07, 6.45) is -0.686. The molecule has 0 saturated heterocycles. The van der Waals surface area contributed by atoms with Gasteiger partial charge in [0.25, 0.3) is 0 Å².